The van der Waals surface area contributed by atoms with E-state index in [0.29, 0.717) is 0 Å². The molecular formula is C38H54BN13O11. The Morgan fingerprint density at radius 2 is 1.37 bits per heavy atom. The minimum Gasteiger partial charge on any atom is -0.425 e. The van der Waals surface area contributed by atoms with Gasteiger partial charge < -0.3 is 79.9 Å². The Labute approximate surface area is 361 Å². The van der Waals surface area contributed by atoms with Crippen molar-refractivity contribution in [1.29, 1.82) is 0 Å². The van der Waals surface area contributed by atoms with Crippen molar-refractivity contribution >= 4 is 54.4 Å². The van der Waals surface area contributed by atoms with Crippen LogP contribution in [-0.4, -0.2) is 141 Å². The zero-order valence-corrected chi connectivity index (χ0v) is 34.6. The summed E-state index contributed by atoms with van der Waals surface area (Å²) in [4.78, 5) is 110. The SMILES string of the molecule is CCCCc1ccc(-c2ccc(C(=O)N[C@H](CO)C(=O)N[C@H](N)C(=O)NCC(=O)N(C)[C@@H](Cc3c[nH]cn3)C(=O)N[C@@H](N)C(=O)N[C@@H](CC(N)=O)C(=O)N[C@@H](N)B(O)O)cc2)cc1. The van der Waals surface area contributed by atoms with E-state index < -0.39 is 110 Å². The molecule has 0 unspecified atom stereocenters. The molecule has 0 saturated heterocycles. The van der Waals surface area contributed by atoms with Gasteiger partial charge in [-0.3, -0.25) is 38.4 Å². The van der Waals surface area contributed by atoms with Gasteiger partial charge >= 0.3 is 7.12 Å². The number of hydrogen-bond acceptors (Lipinski definition) is 15. The Balaban J connectivity index is 1.57. The van der Waals surface area contributed by atoms with Gasteiger partial charge in [-0.25, -0.2) is 4.98 Å². The number of rotatable bonds is 24. The smallest absolute Gasteiger partial charge is 0.425 e. The number of likely N-dealkylation sites (N-methyl/N-ethyl adjacent to an activating group) is 1. The number of imidazole rings is 1. The molecule has 25 heteroatoms. The van der Waals surface area contributed by atoms with E-state index in [1.54, 1.807) is 24.3 Å². The fourth-order valence-corrected chi connectivity index (χ4v) is 5.72. The minimum absolute atomic E-state index is 0.194. The summed E-state index contributed by atoms with van der Waals surface area (Å²) >= 11 is 0. The zero-order valence-electron chi connectivity index (χ0n) is 34.6. The lowest BCUT2D eigenvalue weighted by Gasteiger charge is -2.28. The molecule has 8 amide bonds. The van der Waals surface area contributed by atoms with Crippen LogP contribution < -0.4 is 54.8 Å². The molecule has 0 radical (unpaired) electrons. The maximum Gasteiger partial charge on any atom is 0.490 e. The van der Waals surface area contributed by atoms with Crippen LogP contribution in [0.1, 0.15) is 47.8 Å². The number of carbonyl (C=O) groups excluding carboxylic acids is 8. The lowest BCUT2D eigenvalue weighted by molar-refractivity contribution is -0.140. The molecule has 63 heavy (non-hydrogen) atoms. The number of nitrogens with two attached hydrogens (primary N) is 4. The van der Waals surface area contributed by atoms with Gasteiger partial charge in [-0.2, -0.15) is 0 Å². The van der Waals surface area contributed by atoms with Gasteiger partial charge in [0, 0.05) is 25.2 Å². The van der Waals surface area contributed by atoms with Gasteiger partial charge in [-0.05, 0) is 41.7 Å². The van der Waals surface area contributed by atoms with Gasteiger partial charge in [0.05, 0.1) is 31.6 Å². The number of aliphatic hydroxyl groups excluding tert-OH is 1. The van der Waals surface area contributed by atoms with Crippen molar-refractivity contribution in [1.82, 2.24) is 46.8 Å². The van der Waals surface area contributed by atoms with Crippen molar-refractivity contribution in [2.45, 2.75) is 75.6 Å². The lowest BCUT2D eigenvalue weighted by Crippen LogP contribution is -2.62. The van der Waals surface area contributed by atoms with Gasteiger partial charge in [0.25, 0.3) is 17.7 Å². The van der Waals surface area contributed by atoms with Crippen LogP contribution in [0.4, 0.5) is 0 Å². The predicted octanol–water partition coefficient (Wildman–Crippen LogP) is -5.73. The molecule has 3 aromatic rings. The molecule has 0 aliphatic heterocycles. The third-order valence-corrected chi connectivity index (χ3v) is 9.42. The van der Waals surface area contributed by atoms with Crippen LogP contribution >= 0.6 is 0 Å². The Morgan fingerprint density at radius 1 is 0.778 bits per heavy atom. The first-order chi connectivity index (χ1) is 29.8. The third kappa shape index (κ3) is 15.9. The number of primary amides is 1. The number of aliphatic hydroxyl groups is 1. The molecule has 24 nitrogen and oxygen atoms in total. The van der Waals surface area contributed by atoms with E-state index in [4.69, 9.17) is 33.0 Å². The fourth-order valence-electron chi connectivity index (χ4n) is 5.72. The summed E-state index contributed by atoms with van der Waals surface area (Å²) < 4.78 is 0. The van der Waals surface area contributed by atoms with Gasteiger partial charge in [-0.1, -0.05) is 49.7 Å². The number of aromatic amines is 1. The first kappa shape index (κ1) is 50.6. The maximum absolute atomic E-state index is 13.5. The molecule has 1 heterocycles. The largest absolute Gasteiger partial charge is 0.490 e. The summed E-state index contributed by atoms with van der Waals surface area (Å²) in [6.45, 7) is 0.517. The summed E-state index contributed by atoms with van der Waals surface area (Å²) in [5, 5.41) is 41.2. The van der Waals surface area contributed by atoms with Crippen molar-refractivity contribution in [3.05, 3.63) is 77.9 Å². The average Bonchev–Trinajstić information content (AvgIpc) is 3.78. The van der Waals surface area contributed by atoms with Crippen molar-refractivity contribution in [3.8, 4) is 11.1 Å². The van der Waals surface area contributed by atoms with Crippen molar-refractivity contribution in [2.75, 3.05) is 20.2 Å². The molecule has 0 saturated carbocycles. The highest BCUT2D eigenvalue weighted by Gasteiger charge is 2.33. The number of amides is 8. The normalized spacial score (nSPS) is 13.7. The highest BCUT2D eigenvalue weighted by Crippen LogP contribution is 2.21. The van der Waals surface area contributed by atoms with Crippen LogP contribution in [0.25, 0.3) is 11.1 Å². The summed E-state index contributed by atoms with van der Waals surface area (Å²) in [6.07, 6.45) is 1.22. The summed E-state index contributed by atoms with van der Waals surface area (Å²) in [5.41, 5.74) is 25.8. The van der Waals surface area contributed by atoms with E-state index in [9.17, 15) is 43.5 Å². The molecule has 18 N–H and O–H groups in total. The number of unbranched alkanes of at least 4 members (excludes halogenated alkanes) is 1. The molecule has 0 bridgehead atoms. The Hall–Kier alpha value is -6.77. The Morgan fingerprint density at radius 3 is 1.92 bits per heavy atom. The first-order valence-electron chi connectivity index (χ1n) is 19.6. The quantitative estimate of drug-likeness (QED) is 0.0295. The summed E-state index contributed by atoms with van der Waals surface area (Å²) in [7, 11) is -0.999. The Bertz CT molecular complexity index is 2040. The molecule has 3 rings (SSSR count). The van der Waals surface area contributed by atoms with Gasteiger partial charge in [0.1, 0.15) is 24.2 Å². The second kappa shape index (κ2) is 24.6. The van der Waals surface area contributed by atoms with E-state index >= 15 is 0 Å². The number of hydrogen-bond donors (Lipinski definition) is 14. The molecular weight excluding hydrogens is 825 g/mol. The van der Waals surface area contributed by atoms with E-state index in [1.165, 1.54) is 25.1 Å². The van der Waals surface area contributed by atoms with E-state index in [2.05, 4.69) is 55.6 Å². The molecule has 340 valence electrons. The highest BCUT2D eigenvalue weighted by atomic mass is 16.4. The maximum atomic E-state index is 13.5. The summed E-state index contributed by atoms with van der Waals surface area (Å²) in [6, 6.07) is 8.35. The Kier molecular flexibility index (Phi) is 19.8. The topological polar surface area (TPSA) is 405 Å². The van der Waals surface area contributed by atoms with Crippen LogP contribution in [0, 0.1) is 0 Å². The second-order valence-electron chi connectivity index (χ2n) is 14.2. The third-order valence-electron chi connectivity index (χ3n) is 9.42. The molecule has 0 aliphatic carbocycles. The van der Waals surface area contributed by atoms with E-state index in [-0.39, 0.29) is 17.7 Å². The minimum atomic E-state index is -2.19. The van der Waals surface area contributed by atoms with Gasteiger partial charge in [-0.15, -0.1) is 0 Å². The van der Waals surface area contributed by atoms with Crippen LogP contribution in [0.3, 0.4) is 0 Å². The first-order valence-corrected chi connectivity index (χ1v) is 19.6. The van der Waals surface area contributed by atoms with Crippen molar-refractivity contribution in [3.63, 3.8) is 0 Å². The highest BCUT2D eigenvalue weighted by molar-refractivity contribution is 6.43. The van der Waals surface area contributed by atoms with Gasteiger partial charge in [0.15, 0.2) is 12.3 Å². The molecule has 0 spiro atoms. The molecule has 2 aromatic carbocycles. The van der Waals surface area contributed by atoms with E-state index in [0.717, 1.165) is 35.3 Å². The number of nitrogens with zero attached hydrogens (tertiary/aromatic N) is 2. The number of aryl methyl sites for hydroxylation is 1. The van der Waals surface area contributed by atoms with Crippen LogP contribution in [0.5, 0.6) is 0 Å². The molecule has 0 fully saturated rings. The zero-order chi connectivity index (χ0) is 46.8. The number of H-pyrrole nitrogens is 1. The average molecular weight is 880 g/mol. The van der Waals surface area contributed by atoms with Crippen LogP contribution in [0.2, 0.25) is 0 Å². The number of aromatic nitrogens is 2. The number of benzene rings is 2. The lowest BCUT2D eigenvalue weighted by atomic mass is 9.86. The van der Waals surface area contributed by atoms with Crippen LogP contribution in [-0.2, 0) is 46.4 Å². The van der Waals surface area contributed by atoms with Gasteiger partial charge in [0.2, 0.25) is 29.5 Å². The standard InChI is InChI=1S/C38H54BN13O11/c1-3-4-5-20-6-8-21(9-7-20)22-10-12-23(13-11-22)32(56)48-26(18-53)34(58)49-30(41)36(60)45-17-29(55)52(2)27(14-24-16-44-19-46-24)35(59)50-31(42)37(61)47-25(15-28(40)54)33(57)51-38(43)39(62)63/h6-13,16,19,25-27,30-31,38,53,62-63H,3-5,14-15,17-18,41-43H2,1-2H3,(H2,40,54)(H,44,46)(H,45,60)(H,47,61)(H,48,56)(H,49,58)(H,50,59)(H,51,57)/t25-,26+,27-,30-,31+,38+/m0/s1. The number of nitrogens with one attached hydrogen (secondary N) is 7. The van der Waals surface area contributed by atoms with Crippen molar-refractivity contribution in [2.24, 2.45) is 22.9 Å². The molecule has 6 atom stereocenters. The summed E-state index contributed by atoms with van der Waals surface area (Å²) in [5.74, 6) is -8.01. The fraction of sp³-hybridized carbons (Fsp3) is 0.395. The monoisotopic (exact) mass is 879 g/mol. The van der Waals surface area contributed by atoms with E-state index in [1.807, 2.05) is 17.4 Å². The predicted molar refractivity (Wildman–Crippen MR) is 225 cm³/mol. The van der Waals surface area contributed by atoms with Crippen molar-refractivity contribution < 1.29 is 53.5 Å². The molecule has 0 aliphatic rings. The number of carbonyl (C=O) groups is 8. The second-order valence-corrected chi connectivity index (χ2v) is 14.2. The molecule has 1 aromatic heterocycles. The van der Waals surface area contributed by atoms with Crippen LogP contribution in [0.15, 0.2) is 61.1 Å².